The number of fused-ring (bicyclic) bond motifs is 1. The number of rotatable bonds is 3. The Labute approximate surface area is 183 Å². The normalized spacial score (nSPS) is 23.3. The van der Waals surface area contributed by atoms with Gasteiger partial charge in [-0.1, -0.05) is 6.92 Å². The molecule has 2 aliphatic heterocycles. The standard InChI is InChI=1S/C22H24F2N6O2/c1-13-11-28(12-19(13)31)22(32)26-17-10-25-30-8-6-20(27-21(17)30)29-7-2-3-18(29)15-9-14(23)4-5-16(15)24/h4-6,8-10,13,18-19,31H,2-3,7,11-12H2,1H3,(H,26,32)/t13-,18-,19-/m1/s1. The number of carbonyl (C=O) groups is 1. The number of carbonyl (C=O) groups excluding carboxylic acids is 1. The van der Waals surface area contributed by atoms with Crippen LogP contribution in [0.4, 0.5) is 25.1 Å². The van der Waals surface area contributed by atoms with Gasteiger partial charge in [0.05, 0.1) is 18.3 Å². The molecule has 4 heterocycles. The minimum atomic E-state index is -0.537. The molecule has 8 nitrogen and oxygen atoms in total. The maximum atomic E-state index is 14.4. The molecule has 3 aromatic rings. The summed E-state index contributed by atoms with van der Waals surface area (Å²) < 4.78 is 29.8. The lowest BCUT2D eigenvalue weighted by Gasteiger charge is -2.26. The number of hydrogen-bond acceptors (Lipinski definition) is 5. The Balaban J connectivity index is 1.42. The molecule has 2 fully saturated rings. The van der Waals surface area contributed by atoms with E-state index in [2.05, 4.69) is 15.4 Å². The number of anilines is 2. The summed E-state index contributed by atoms with van der Waals surface area (Å²) in [6, 6.07) is 4.64. The number of aromatic nitrogens is 3. The van der Waals surface area contributed by atoms with Gasteiger partial charge in [-0.2, -0.15) is 5.10 Å². The molecule has 2 aromatic heterocycles. The molecule has 0 saturated carbocycles. The number of β-amino-alcohol motifs (C(OH)–C–C–N with tert-alkyl or cyclic N) is 1. The third kappa shape index (κ3) is 3.64. The van der Waals surface area contributed by atoms with Crippen LogP contribution >= 0.6 is 0 Å². The van der Waals surface area contributed by atoms with Gasteiger partial charge < -0.3 is 20.2 Å². The van der Waals surface area contributed by atoms with Crippen molar-refractivity contribution in [3.63, 3.8) is 0 Å². The maximum absolute atomic E-state index is 14.4. The van der Waals surface area contributed by atoms with Gasteiger partial charge in [-0.05, 0) is 37.1 Å². The van der Waals surface area contributed by atoms with Gasteiger partial charge in [-0.15, -0.1) is 0 Å². The van der Waals surface area contributed by atoms with Gasteiger partial charge >= 0.3 is 6.03 Å². The Morgan fingerprint density at radius 1 is 1.25 bits per heavy atom. The molecular weight excluding hydrogens is 418 g/mol. The van der Waals surface area contributed by atoms with Gasteiger partial charge in [0.1, 0.15) is 23.1 Å². The van der Waals surface area contributed by atoms with Crippen molar-refractivity contribution in [2.75, 3.05) is 29.9 Å². The number of amides is 2. The zero-order chi connectivity index (χ0) is 22.4. The number of urea groups is 1. The molecule has 2 N–H and O–H groups in total. The van der Waals surface area contributed by atoms with E-state index in [1.165, 1.54) is 12.3 Å². The molecule has 2 amide bonds. The zero-order valence-electron chi connectivity index (χ0n) is 17.6. The van der Waals surface area contributed by atoms with Gasteiger partial charge in [0.2, 0.25) is 0 Å². The molecule has 0 spiro atoms. The molecule has 3 atom stereocenters. The molecule has 0 unspecified atom stereocenters. The van der Waals surface area contributed by atoms with Crippen molar-refractivity contribution in [2.24, 2.45) is 5.92 Å². The largest absolute Gasteiger partial charge is 0.391 e. The van der Waals surface area contributed by atoms with E-state index >= 15 is 0 Å². The van der Waals surface area contributed by atoms with E-state index in [4.69, 9.17) is 0 Å². The highest BCUT2D eigenvalue weighted by atomic mass is 19.1. The number of aliphatic hydroxyl groups is 1. The van der Waals surface area contributed by atoms with Crippen molar-refractivity contribution in [3.05, 3.63) is 53.9 Å². The number of nitrogens with one attached hydrogen (secondary N) is 1. The summed E-state index contributed by atoms with van der Waals surface area (Å²) in [5.74, 6) is -0.294. The van der Waals surface area contributed by atoms with Crippen LogP contribution in [0.1, 0.15) is 31.4 Å². The molecular formula is C22H24F2N6O2. The smallest absolute Gasteiger partial charge is 0.322 e. The van der Waals surface area contributed by atoms with Crippen molar-refractivity contribution in [3.8, 4) is 0 Å². The second-order valence-electron chi connectivity index (χ2n) is 8.51. The summed E-state index contributed by atoms with van der Waals surface area (Å²) in [5, 5.41) is 17.0. The Bertz CT molecular complexity index is 1160. The summed E-state index contributed by atoms with van der Waals surface area (Å²) in [6.45, 7) is 3.30. The molecule has 2 aliphatic rings. The number of likely N-dealkylation sites (tertiary alicyclic amines) is 1. The van der Waals surface area contributed by atoms with E-state index < -0.39 is 17.7 Å². The summed E-state index contributed by atoms with van der Waals surface area (Å²) >= 11 is 0. The molecule has 10 heteroatoms. The van der Waals surface area contributed by atoms with E-state index in [0.29, 0.717) is 42.2 Å². The summed E-state index contributed by atoms with van der Waals surface area (Å²) in [4.78, 5) is 20.8. The van der Waals surface area contributed by atoms with Crippen LogP contribution in [-0.4, -0.2) is 56.4 Å². The predicted molar refractivity (Wildman–Crippen MR) is 114 cm³/mol. The first-order valence-corrected chi connectivity index (χ1v) is 10.7. The predicted octanol–water partition coefficient (Wildman–Crippen LogP) is 3.19. The van der Waals surface area contributed by atoms with Crippen molar-refractivity contribution >= 4 is 23.2 Å². The van der Waals surface area contributed by atoms with Crippen molar-refractivity contribution in [1.29, 1.82) is 0 Å². The van der Waals surface area contributed by atoms with Crippen LogP contribution in [0.5, 0.6) is 0 Å². The van der Waals surface area contributed by atoms with Crippen LogP contribution in [0, 0.1) is 17.6 Å². The third-order valence-electron chi connectivity index (χ3n) is 6.32. The lowest BCUT2D eigenvalue weighted by Crippen LogP contribution is -2.33. The number of halogens is 2. The first-order valence-electron chi connectivity index (χ1n) is 10.7. The SMILES string of the molecule is C[C@@H]1CN(C(=O)Nc2cnn3ccc(N4CCC[C@@H]4c4cc(F)ccc4F)nc23)C[C@H]1O. The minimum Gasteiger partial charge on any atom is -0.391 e. The second-order valence-corrected chi connectivity index (χ2v) is 8.51. The molecule has 2 saturated heterocycles. The van der Waals surface area contributed by atoms with Crippen molar-refractivity contribution < 1.29 is 18.7 Å². The first kappa shape index (κ1) is 20.6. The quantitative estimate of drug-likeness (QED) is 0.651. The molecule has 32 heavy (non-hydrogen) atoms. The average molecular weight is 442 g/mol. The molecule has 5 rings (SSSR count). The van der Waals surface area contributed by atoms with Gasteiger partial charge in [-0.25, -0.2) is 23.1 Å². The Morgan fingerprint density at radius 2 is 2.09 bits per heavy atom. The van der Waals surface area contributed by atoms with E-state index in [1.807, 2.05) is 11.8 Å². The topological polar surface area (TPSA) is 86.0 Å². The van der Waals surface area contributed by atoms with E-state index in [0.717, 1.165) is 18.6 Å². The molecule has 0 aliphatic carbocycles. The fourth-order valence-corrected chi connectivity index (χ4v) is 4.55. The fourth-order valence-electron chi connectivity index (χ4n) is 4.55. The van der Waals surface area contributed by atoms with Crippen LogP contribution in [0.2, 0.25) is 0 Å². The van der Waals surface area contributed by atoms with Crippen molar-refractivity contribution in [2.45, 2.75) is 31.9 Å². The fraction of sp³-hybridized carbons (Fsp3) is 0.409. The maximum Gasteiger partial charge on any atom is 0.322 e. The lowest BCUT2D eigenvalue weighted by atomic mass is 10.0. The minimum absolute atomic E-state index is 0.0182. The molecule has 0 radical (unpaired) electrons. The van der Waals surface area contributed by atoms with Crippen LogP contribution < -0.4 is 10.2 Å². The van der Waals surface area contributed by atoms with Gasteiger partial charge in [0, 0.05) is 37.3 Å². The van der Waals surface area contributed by atoms with Crippen LogP contribution in [0.25, 0.3) is 5.65 Å². The lowest BCUT2D eigenvalue weighted by molar-refractivity contribution is 0.150. The number of aliphatic hydroxyl groups excluding tert-OH is 1. The summed E-state index contributed by atoms with van der Waals surface area (Å²) in [5.41, 5.74) is 1.21. The van der Waals surface area contributed by atoms with Crippen molar-refractivity contribution in [1.82, 2.24) is 19.5 Å². The van der Waals surface area contributed by atoms with E-state index in [1.54, 1.807) is 21.7 Å². The van der Waals surface area contributed by atoms with Gasteiger partial charge in [0.25, 0.3) is 0 Å². The van der Waals surface area contributed by atoms with Gasteiger partial charge in [0.15, 0.2) is 5.65 Å². The zero-order valence-corrected chi connectivity index (χ0v) is 17.6. The Hall–Kier alpha value is -3.27. The number of hydrogen-bond donors (Lipinski definition) is 2. The first-order chi connectivity index (χ1) is 15.4. The third-order valence-corrected chi connectivity index (χ3v) is 6.32. The highest BCUT2D eigenvalue weighted by molar-refractivity contribution is 5.93. The number of benzene rings is 1. The Kier molecular flexibility index (Phi) is 5.16. The van der Waals surface area contributed by atoms with Crippen LogP contribution in [-0.2, 0) is 0 Å². The second kappa shape index (κ2) is 8.01. The van der Waals surface area contributed by atoms with Gasteiger partial charge in [-0.3, -0.25) is 0 Å². The van der Waals surface area contributed by atoms with Crippen LogP contribution in [0.15, 0.2) is 36.7 Å². The Morgan fingerprint density at radius 3 is 2.88 bits per heavy atom. The average Bonchev–Trinajstić information content (AvgIpc) is 3.49. The summed E-state index contributed by atoms with van der Waals surface area (Å²) in [6.07, 6.45) is 4.22. The molecule has 0 bridgehead atoms. The highest BCUT2D eigenvalue weighted by Gasteiger charge is 2.32. The van der Waals surface area contributed by atoms with Crippen LogP contribution in [0.3, 0.4) is 0 Å². The molecule has 168 valence electrons. The summed E-state index contributed by atoms with van der Waals surface area (Å²) in [7, 11) is 0. The van der Waals surface area contributed by atoms with E-state index in [9.17, 15) is 18.7 Å². The monoisotopic (exact) mass is 442 g/mol. The molecule has 1 aromatic carbocycles. The van der Waals surface area contributed by atoms with E-state index in [-0.39, 0.29) is 24.5 Å². The highest BCUT2D eigenvalue weighted by Crippen LogP contribution is 2.37. The number of nitrogens with zero attached hydrogens (tertiary/aromatic N) is 5.